The number of rotatable bonds is 4. The van der Waals surface area contributed by atoms with Gasteiger partial charge in [-0.25, -0.2) is 9.78 Å². The van der Waals surface area contributed by atoms with Crippen molar-refractivity contribution in [2.75, 3.05) is 38.6 Å². The molecule has 0 radical (unpaired) electrons. The Morgan fingerprint density at radius 1 is 1.25 bits per heavy atom. The molecule has 2 amide bonds. The molecular formula is C17H22N4O2S. The van der Waals surface area contributed by atoms with Crippen molar-refractivity contribution >= 4 is 23.1 Å². The lowest BCUT2D eigenvalue weighted by atomic mass is 10.3. The number of piperazine rings is 1. The summed E-state index contributed by atoms with van der Waals surface area (Å²) in [6.07, 6.45) is 0. The normalized spacial score (nSPS) is 15.3. The molecule has 2 heterocycles. The number of thiazole rings is 1. The van der Waals surface area contributed by atoms with E-state index in [-0.39, 0.29) is 6.03 Å². The Morgan fingerprint density at radius 2 is 1.96 bits per heavy atom. The predicted octanol–water partition coefficient (Wildman–Crippen LogP) is 2.81. The summed E-state index contributed by atoms with van der Waals surface area (Å²) in [6, 6.07) is 7.31. The maximum atomic E-state index is 12.3. The molecule has 24 heavy (non-hydrogen) atoms. The quantitative estimate of drug-likeness (QED) is 0.925. The second-order valence-corrected chi connectivity index (χ2v) is 6.84. The second-order valence-electron chi connectivity index (χ2n) is 5.78. The van der Waals surface area contributed by atoms with Gasteiger partial charge < -0.3 is 15.0 Å². The van der Waals surface area contributed by atoms with Crippen LogP contribution in [0.15, 0.2) is 29.6 Å². The number of amides is 2. The number of nitrogens with zero attached hydrogens (tertiary/aromatic N) is 3. The minimum Gasteiger partial charge on any atom is -0.497 e. The van der Waals surface area contributed by atoms with Crippen molar-refractivity contribution < 1.29 is 9.53 Å². The van der Waals surface area contributed by atoms with Gasteiger partial charge in [0.15, 0.2) is 0 Å². The summed E-state index contributed by atoms with van der Waals surface area (Å²) in [5, 5.41) is 6.14. The highest BCUT2D eigenvalue weighted by Gasteiger charge is 2.21. The van der Waals surface area contributed by atoms with Gasteiger partial charge in [0.1, 0.15) is 5.75 Å². The number of nitrogens with one attached hydrogen (secondary N) is 1. The molecular weight excluding hydrogens is 324 g/mol. The summed E-state index contributed by atoms with van der Waals surface area (Å²) in [4.78, 5) is 21.0. The van der Waals surface area contributed by atoms with E-state index in [0.717, 1.165) is 54.9 Å². The van der Waals surface area contributed by atoms with E-state index in [1.54, 1.807) is 18.4 Å². The lowest BCUT2D eigenvalue weighted by Gasteiger charge is -2.34. The minimum absolute atomic E-state index is 0.0516. The number of aryl methyl sites for hydroxylation is 1. The van der Waals surface area contributed by atoms with Crippen LogP contribution in [0.3, 0.4) is 0 Å². The number of anilines is 1. The van der Waals surface area contributed by atoms with Crippen molar-refractivity contribution in [1.82, 2.24) is 14.8 Å². The van der Waals surface area contributed by atoms with E-state index in [0.29, 0.717) is 0 Å². The molecule has 2 aromatic rings. The van der Waals surface area contributed by atoms with Gasteiger partial charge in [-0.1, -0.05) is 0 Å². The Kier molecular flexibility index (Phi) is 5.32. The molecule has 1 aliphatic rings. The maximum absolute atomic E-state index is 12.3. The fraction of sp³-hybridized carbons (Fsp3) is 0.412. The van der Waals surface area contributed by atoms with Gasteiger partial charge in [0.2, 0.25) is 0 Å². The van der Waals surface area contributed by atoms with Crippen LogP contribution in [-0.4, -0.2) is 54.1 Å². The number of ether oxygens (including phenoxy) is 1. The third kappa shape index (κ3) is 4.24. The number of carbonyl (C=O) groups excluding carboxylic acids is 1. The summed E-state index contributed by atoms with van der Waals surface area (Å²) < 4.78 is 5.12. The fourth-order valence-corrected chi connectivity index (χ4v) is 3.30. The molecule has 1 fully saturated rings. The predicted molar refractivity (Wildman–Crippen MR) is 95.7 cm³/mol. The summed E-state index contributed by atoms with van der Waals surface area (Å²) in [6.45, 7) is 6.07. The lowest BCUT2D eigenvalue weighted by molar-refractivity contribution is 0.142. The third-order valence-electron chi connectivity index (χ3n) is 4.05. The Morgan fingerprint density at radius 3 is 2.54 bits per heavy atom. The van der Waals surface area contributed by atoms with Crippen LogP contribution in [0.25, 0.3) is 0 Å². The van der Waals surface area contributed by atoms with Crippen molar-refractivity contribution in [1.29, 1.82) is 0 Å². The zero-order valence-corrected chi connectivity index (χ0v) is 14.8. The summed E-state index contributed by atoms with van der Waals surface area (Å²) >= 11 is 1.68. The zero-order chi connectivity index (χ0) is 16.9. The topological polar surface area (TPSA) is 57.7 Å². The summed E-state index contributed by atoms with van der Waals surface area (Å²) in [5.41, 5.74) is 1.90. The fourth-order valence-electron chi connectivity index (χ4n) is 2.70. The molecule has 7 heteroatoms. The molecule has 1 aliphatic heterocycles. The van der Waals surface area contributed by atoms with Crippen LogP contribution in [0.2, 0.25) is 0 Å². The molecule has 0 aliphatic carbocycles. The Bertz CT molecular complexity index is 678. The van der Waals surface area contributed by atoms with Crippen molar-refractivity contribution in [3.63, 3.8) is 0 Å². The molecule has 0 atom stereocenters. The second kappa shape index (κ2) is 7.63. The van der Waals surface area contributed by atoms with E-state index in [9.17, 15) is 4.79 Å². The van der Waals surface area contributed by atoms with E-state index in [2.05, 4.69) is 20.6 Å². The Hall–Kier alpha value is -2.12. The van der Waals surface area contributed by atoms with Gasteiger partial charge >= 0.3 is 6.03 Å². The first-order valence-corrected chi connectivity index (χ1v) is 8.85. The third-order valence-corrected chi connectivity index (χ3v) is 4.88. The lowest BCUT2D eigenvalue weighted by Crippen LogP contribution is -2.49. The number of hydrogen-bond acceptors (Lipinski definition) is 5. The van der Waals surface area contributed by atoms with Crippen LogP contribution >= 0.6 is 11.3 Å². The van der Waals surface area contributed by atoms with Gasteiger partial charge in [0.05, 0.1) is 17.8 Å². The van der Waals surface area contributed by atoms with Crippen molar-refractivity contribution in [3.8, 4) is 5.75 Å². The largest absolute Gasteiger partial charge is 0.497 e. The van der Waals surface area contributed by atoms with Gasteiger partial charge in [-0.3, -0.25) is 4.90 Å². The van der Waals surface area contributed by atoms with Crippen LogP contribution in [0.5, 0.6) is 5.75 Å². The molecule has 1 aromatic heterocycles. The molecule has 0 saturated carbocycles. The monoisotopic (exact) mass is 346 g/mol. The van der Waals surface area contributed by atoms with Crippen molar-refractivity contribution in [2.45, 2.75) is 13.5 Å². The highest BCUT2D eigenvalue weighted by Crippen LogP contribution is 2.16. The van der Waals surface area contributed by atoms with E-state index in [4.69, 9.17) is 4.74 Å². The van der Waals surface area contributed by atoms with Crippen LogP contribution < -0.4 is 10.1 Å². The molecule has 0 unspecified atom stereocenters. The molecule has 1 saturated heterocycles. The molecule has 1 aromatic carbocycles. The van der Waals surface area contributed by atoms with Crippen LogP contribution in [0, 0.1) is 6.92 Å². The van der Waals surface area contributed by atoms with E-state index < -0.39 is 0 Å². The first kappa shape index (κ1) is 16.7. The first-order chi connectivity index (χ1) is 11.6. The SMILES string of the molecule is COc1ccc(NC(=O)N2CCN(Cc3csc(C)n3)CC2)cc1. The highest BCUT2D eigenvalue weighted by molar-refractivity contribution is 7.09. The van der Waals surface area contributed by atoms with Gasteiger partial charge in [-0.05, 0) is 31.2 Å². The number of urea groups is 1. The summed E-state index contributed by atoms with van der Waals surface area (Å²) in [7, 11) is 1.63. The van der Waals surface area contributed by atoms with E-state index in [1.807, 2.05) is 36.1 Å². The molecule has 0 spiro atoms. The molecule has 1 N–H and O–H groups in total. The van der Waals surface area contributed by atoms with Crippen molar-refractivity contribution in [2.24, 2.45) is 0 Å². The van der Waals surface area contributed by atoms with Gasteiger partial charge in [-0.2, -0.15) is 0 Å². The number of benzene rings is 1. The maximum Gasteiger partial charge on any atom is 0.321 e. The van der Waals surface area contributed by atoms with Gasteiger partial charge in [0, 0.05) is 43.8 Å². The molecule has 128 valence electrons. The Balaban J connectivity index is 1.47. The van der Waals surface area contributed by atoms with Gasteiger partial charge in [0.25, 0.3) is 0 Å². The highest BCUT2D eigenvalue weighted by atomic mass is 32.1. The molecule has 6 nitrogen and oxygen atoms in total. The number of methoxy groups -OCH3 is 1. The van der Waals surface area contributed by atoms with E-state index in [1.165, 1.54) is 0 Å². The zero-order valence-electron chi connectivity index (χ0n) is 14.0. The molecule has 3 rings (SSSR count). The number of hydrogen-bond donors (Lipinski definition) is 1. The standard InChI is InChI=1S/C17H22N4O2S/c1-13-18-15(12-24-13)11-20-7-9-21(10-8-20)17(22)19-14-3-5-16(23-2)6-4-14/h3-6,12H,7-11H2,1-2H3,(H,19,22). The van der Waals surface area contributed by atoms with Crippen LogP contribution in [0.4, 0.5) is 10.5 Å². The number of aromatic nitrogens is 1. The van der Waals surface area contributed by atoms with Crippen molar-refractivity contribution in [3.05, 3.63) is 40.3 Å². The van der Waals surface area contributed by atoms with Gasteiger partial charge in [-0.15, -0.1) is 11.3 Å². The molecule has 0 bridgehead atoms. The van der Waals surface area contributed by atoms with Crippen LogP contribution in [-0.2, 0) is 6.54 Å². The van der Waals surface area contributed by atoms with E-state index >= 15 is 0 Å². The number of carbonyl (C=O) groups is 1. The minimum atomic E-state index is -0.0516. The average Bonchev–Trinajstić information content (AvgIpc) is 3.01. The average molecular weight is 346 g/mol. The first-order valence-electron chi connectivity index (χ1n) is 7.97. The Labute approximate surface area is 146 Å². The summed E-state index contributed by atoms with van der Waals surface area (Å²) in [5.74, 6) is 0.777. The van der Waals surface area contributed by atoms with Crippen LogP contribution in [0.1, 0.15) is 10.7 Å². The smallest absolute Gasteiger partial charge is 0.321 e.